The molecule has 0 aliphatic carbocycles. The number of halogens is 1. The molecule has 2 N–H and O–H groups in total. The molecule has 0 fully saturated rings. The maximum atomic E-state index is 10.2. The van der Waals surface area contributed by atoms with E-state index in [0.717, 1.165) is 16.6 Å². The predicted octanol–water partition coefficient (Wildman–Crippen LogP) is 4.11. The van der Waals surface area contributed by atoms with E-state index in [9.17, 15) is 5.11 Å². The molecule has 0 aliphatic heterocycles. The summed E-state index contributed by atoms with van der Waals surface area (Å²) in [7, 11) is 0. The second kappa shape index (κ2) is 6.85. The Morgan fingerprint density at radius 2 is 2.10 bits per heavy atom. The van der Waals surface area contributed by atoms with Crippen LogP contribution in [-0.4, -0.2) is 18.2 Å². The van der Waals surface area contributed by atoms with Gasteiger partial charge < -0.3 is 10.4 Å². The van der Waals surface area contributed by atoms with Crippen molar-refractivity contribution in [1.82, 2.24) is 5.32 Å². The lowest BCUT2D eigenvalue weighted by molar-refractivity contribution is 0.172. The van der Waals surface area contributed by atoms with Crippen molar-refractivity contribution in [2.75, 3.05) is 13.1 Å². The molecule has 0 aliphatic rings. The molecule has 2 aromatic rings. The molecule has 4 heteroatoms. The molecule has 1 aromatic heterocycles. The van der Waals surface area contributed by atoms with Gasteiger partial charge in [0.15, 0.2) is 0 Å². The Morgan fingerprint density at radius 1 is 1.30 bits per heavy atom. The van der Waals surface area contributed by atoms with Crippen LogP contribution < -0.4 is 5.32 Å². The Kier molecular flexibility index (Phi) is 5.38. The summed E-state index contributed by atoms with van der Waals surface area (Å²) in [4.78, 5) is 1.36. The molecule has 0 saturated carbocycles. The number of hydrogen-bond acceptors (Lipinski definition) is 3. The van der Waals surface area contributed by atoms with Crippen LogP contribution in [0.15, 0.2) is 46.3 Å². The van der Waals surface area contributed by atoms with E-state index >= 15 is 0 Å². The lowest BCUT2D eigenvalue weighted by Gasteiger charge is -2.24. The van der Waals surface area contributed by atoms with Crippen LogP contribution in [0.1, 0.15) is 30.4 Å². The maximum Gasteiger partial charge on any atom is 0.0914 e. The highest BCUT2D eigenvalue weighted by atomic mass is 79.9. The first-order chi connectivity index (χ1) is 9.49. The fourth-order valence-corrected chi connectivity index (χ4v) is 3.37. The number of aliphatic hydroxyl groups is 1. The molecule has 0 amide bonds. The molecule has 108 valence electrons. The fraction of sp³-hybridized carbons (Fsp3) is 0.375. The summed E-state index contributed by atoms with van der Waals surface area (Å²) < 4.78 is 0.993. The van der Waals surface area contributed by atoms with E-state index in [4.69, 9.17) is 0 Å². The molecule has 1 unspecified atom stereocenters. The van der Waals surface area contributed by atoms with E-state index in [1.54, 1.807) is 11.3 Å². The number of thiophene rings is 1. The van der Waals surface area contributed by atoms with Gasteiger partial charge in [0.2, 0.25) is 0 Å². The zero-order valence-corrected chi connectivity index (χ0v) is 14.2. The Balaban J connectivity index is 1.87. The molecule has 1 atom stereocenters. The molecular formula is C16H20BrNOS. The van der Waals surface area contributed by atoms with Gasteiger partial charge in [-0.3, -0.25) is 0 Å². The van der Waals surface area contributed by atoms with Crippen LogP contribution in [0.4, 0.5) is 0 Å². The van der Waals surface area contributed by atoms with Gasteiger partial charge >= 0.3 is 0 Å². The first kappa shape index (κ1) is 15.7. The summed E-state index contributed by atoms with van der Waals surface area (Å²) in [5, 5.41) is 15.7. The summed E-state index contributed by atoms with van der Waals surface area (Å²) in [6.45, 7) is 5.85. The monoisotopic (exact) mass is 353 g/mol. The van der Waals surface area contributed by atoms with Gasteiger partial charge in [0.05, 0.1) is 6.10 Å². The van der Waals surface area contributed by atoms with E-state index in [1.807, 2.05) is 24.3 Å². The van der Waals surface area contributed by atoms with Crippen molar-refractivity contribution >= 4 is 27.3 Å². The number of hydrogen-bond donors (Lipinski definition) is 2. The summed E-state index contributed by atoms with van der Waals surface area (Å²) >= 11 is 5.20. The highest BCUT2D eigenvalue weighted by molar-refractivity contribution is 9.10. The molecule has 20 heavy (non-hydrogen) atoms. The summed E-state index contributed by atoms with van der Waals surface area (Å²) in [5.41, 5.74) is 1.02. The summed E-state index contributed by atoms with van der Waals surface area (Å²) in [5.74, 6) is 0. The topological polar surface area (TPSA) is 32.3 Å². The first-order valence-corrected chi connectivity index (χ1v) is 8.34. The van der Waals surface area contributed by atoms with Crippen molar-refractivity contribution in [3.63, 3.8) is 0 Å². The Bertz CT molecular complexity index is 539. The fourth-order valence-electron chi connectivity index (χ4n) is 2.10. The van der Waals surface area contributed by atoms with Crippen LogP contribution >= 0.6 is 27.3 Å². The van der Waals surface area contributed by atoms with Crippen LogP contribution in [0, 0.1) is 0 Å². The molecule has 0 saturated heterocycles. The third kappa shape index (κ3) is 4.16. The normalized spacial score (nSPS) is 13.4. The first-order valence-electron chi connectivity index (χ1n) is 6.67. The van der Waals surface area contributed by atoms with Crippen molar-refractivity contribution in [3.8, 4) is 0 Å². The van der Waals surface area contributed by atoms with Crippen LogP contribution in [0.5, 0.6) is 0 Å². The van der Waals surface area contributed by atoms with Gasteiger partial charge in [0, 0.05) is 27.9 Å². The third-order valence-electron chi connectivity index (χ3n) is 3.33. The minimum atomic E-state index is -0.480. The molecule has 1 aromatic carbocycles. The molecule has 1 heterocycles. The second-order valence-corrected chi connectivity index (χ2v) is 7.43. The quantitative estimate of drug-likeness (QED) is 0.818. The standard InChI is InChI=1S/C16H20BrNOS/c1-16(2,15-7-4-8-20-15)11-18-10-14(19)12-5-3-6-13(17)9-12/h3-9,14,18-19H,10-11H2,1-2H3. The minimum absolute atomic E-state index is 0.0885. The SMILES string of the molecule is CC(C)(CNCC(O)c1cccc(Br)c1)c1cccs1. The van der Waals surface area contributed by atoms with E-state index in [2.05, 4.69) is 52.6 Å². The van der Waals surface area contributed by atoms with Gasteiger partial charge in [-0.1, -0.05) is 48.0 Å². The van der Waals surface area contributed by atoms with Crippen molar-refractivity contribution < 1.29 is 5.11 Å². The summed E-state index contributed by atoms with van der Waals surface area (Å²) in [6.07, 6.45) is -0.480. The highest BCUT2D eigenvalue weighted by Gasteiger charge is 2.21. The number of rotatable bonds is 6. The third-order valence-corrected chi connectivity index (χ3v) is 5.06. The summed E-state index contributed by atoms with van der Waals surface area (Å²) in [6, 6.07) is 12.1. The van der Waals surface area contributed by atoms with Crippen molar-refractivity contribution in [3.05, 3.63) is 56.7 Å². The van der Waals surface area contributed by atoms with E-state index < -0.39 is 6.10 Å². The average molecular weight is 354 g/mol. The van der Waals surface area contributed by atoms with Crippen LogP contribution in [0.3, 0.4) is 0 Å². The molecule has 2 nitrogen and oxygen atoms in total. The smallest absolute Gasteiger partial charge is 0.0914 e. The lowest BCUT2D eigenvalue weighted by Crippen LogP contribution is -2.34. The van der Waals surface area contributed by atoms with Crippen molar-refractivity contribution in [2.45, 2.75) is 25.4 Å². The largest absolute Gasteiger partial charge is 0.387 e. The number of nitrogens with one attached hydrogen (secondary N) is 1. The molecule has 0 radical (unpaired) electrons. The lowest BCUT2D eigenvalue weighted by atomic mass is 9.91. The van der Waals surface area contributed by atoms with Gasteiger partial charge in [-0.15, -0.1) is 11.3 Å². The Labute approximate surface area is 133 Å². The average Bonchev–Trinajstić information content (AvgIpc) is 2.93. The van der Waals surface area contributed by atoms with Gasteiger partial charge in [0.1, 0.15) is 0 Å². The molecule has 0 spiro atoms. The Hall–Kier alpha value is -0.680. The van der Waals surface area contributed by atoms with E-state index in [1.165, 1.54) is 4.88 Å². The van der Waals surface area contributed by atoms with Gasteiger partial charge in [-0.25, -0.2) is 0 Å². The zero-order valence-electron chi connectivity index (χ0n) is 11.8. The molecule has 0 bridgehead atoms. The van der Waals surface area contributed by atoms with Gasteiger partial charge in [0.25, 0.3) is 0 Å². The number of benzene rings is 1. The van der Waals surface area contributed by atoms with Gasteiger partial charge in [-0.2, -0.15) is 0 Å². The minimum Gasteiger partial charge on any atom is -0.387 e. The highest BCUT2D eigenvalue weighted by Crippen LogP contribution is 2.26. The molecular weight excluding hydrogens is 334 g/mol. The molecule has 2 rings (SSSR count). The number of aliphatic hydroxyl groups excluding tert-OH is 1. The van der Waals surface area contributed by atoms with Crippen LogP contribution in [0.2, 0.25) is 0 Å². The van der Waals surface area contributed by atoms with E-state index in [-0.39, 0.29) is 5.41 Å². The van der Waals surface area contributed by atoms with Crippen molar-refractivity contribution in [1.29, 1.82) is 0 Å². The van der Waals surface area contributed by atoms with Crippen molar-refractivity contribution in [2.24, 2.45) is 0 Å². The van der Waals surface area contributed by atoms with Gasteiger partial charge in [-0.05, 0) is 29.1 Å². The zero-order chi connectivity index (χ0) is 14.6. The van der Waals surface area contributed by atoms with Crippen LogP contribution in [-0.2, 0) is 5.41 Å². The predicted molar refractivity (Wildman–Crippen MR) is 89.3 cm³/mol. The maximum absolute atomic E-state index is 10.2. The van der Waals surface area contributed by atoms with E-state index in [0.29, 0.717) is 6.54 Å². The Morgan fingerprint density at radius 3 is 2.75 bits per heavy atom. The second-order valence-electron chi connectivity index (χ2n) is 5.56. The van der Waals surface area contributed by atoms with Crippen LogP contribution in [0.25, 0.3) is 0 Å².